The molecule has 7 aliphatic heterocycles. The van der Waals surface area contributed by atoms with E-state index in [0.717, 1.165) is 182 Å². The van der Waals surface area contributed by atoms with Gasteiger partial charge in [0.05, 0.1) is 64.5 Å². The number of ether oxygens (including phenoxy) is 7. The van der Waals surface area contributed by atoms with Gasteiger partial charge in [0.15, 0.2) is 24.4 Å². The van der Waals surface area contributed by atoms with E-state index in [1.807, 2.05) is 98.8 Å². The molecule has 0 aliphatic carbocycles. The molecule has 30 heteroatoms. The molecular weight excluding hydrogens is 1890 g/mol. The van der Waals surface area contributed by atoms with Gasteiger partial charge in [-0.15, -0.1) is 0 Å². The second-order valence-corrected chi connectivity index (χ2v) is 56.0. The van der Waals surface area contributed by atoms with Gasteiger partial charge >= 0.3 is 0 Å². The van der Waals surface area contributed by atoms with Gasteiger partial charge in [-0.3, -0.25) is 4.79 Å². The van der Waals surface area contributed by atoms with E-state index in [9.17, 15) is 43.7 Å². The van der Waals surface area contributed by atoms with Crippen molar-refractivity contribution in [2.75, 3.05) is 174 Å². The topological polar surface area (TPSA) is 258 Å². The minimum atomic E-state index is -3.46. The molecule has 7 aromatic rings. The highest BCUT2D eigenvalue weighted by atomic mass is 32.2. The number of benzene rings is 7. The lowest BCUT2D eigenvalue weighted by Gasteiger charge is -2.41. The normalized spacial score (nSPS) is 18.1. The molecule has 0 spiro atoms. The number of hydrogen-bond acceptors (Lipinski definition) is 19. The molecule has 141 heavy (non-hydrogen) atoms. The van der Waals surface area contributed by atoms with Gasteiger partial charge < -0.3 is 61.6 Å². The van der Waals surface area contributed by atoms with Crippen LogP contribution in [0.4, 0.5) is 0 Å². The summed E-state index contributed by atoms with van der Waals surface area (Å²) in [4.78, 5) is 20.6. The second kappa shape index (κ2) is 55.6. The van der Waals surface area contributed by atoms with Gasteiger partial charge in [0, 0.05) is 131 Å². The fourth-order valence-corrected chi connectivity index (χ4v) is 28.3. The van der Waals surface area contributed by atoms with E-state index in [-0.39, 0.29) is 5.91 Å². The molecule has 2 unspecified atom stereocenters. The molecule has 14 rings (SSSR count). The molecule has 0 aromatic heterocycles. The summed E-state index contributed by atoms with van der Waals surface area (Å²) in [5.41, 5.74) is 8.50. The standard InChI is InChI=1S/C21H35N2O2P.C20H32N2O3S.C16H26NO2P.C16H23NO2.C15H23NO3S.C12H19O2P.C11H16O3S/c1-17(2)20-9-8-19(16-21(20)25-3)26(4,24)23-14-10-18(11-15-23)22-12-6-5-7-13-22;1-16(2)19-8-7-18(15-20(19)25-3)26(23,24)22-13-9-17(10-14-22)21-11-5-4-6-12-21;1-13(2)15-9-8-14(12-16(15)19-3)20(4,18)17-10-6-5-7-11-17;1-12(2)14-8-7-13(11-15(14)19-3)16(18)17-9-5-4-6-10-17;1-12(2)14-8-7-13(11-15(14)19-3)20(17,18)16-9-5-4-6-10-16;1-9(2)11-7-6-10(15(4,5)13)8-12(11)14-3;1-8(2)10-6-5-9(15(4,12)13)7-11(10)14-3/h8-9,16-18H,5-7,10-15H2,1-4H3;7-8,15-17H,4-6,9-14H2,1-3H3;8-9,12-13H,5-7,10-11H2,1-4H3;7-8,11-12H,4-6,9-10H2,1-3H3;7-8,11-12H,4-6,9-10H2,1-3H3;6-9H,1-5H3;5-8H,1-4H3. The van der Waals surface area contributed by atoms with E-state index in [2.05, 4.69) is 120 Å². The highest BCUT2D eigenvalue weighted by molar-refractivity contribution is 7.90. The lowest BCUT2D eigenvalue weighted by molar-refractivity contribution is 0.0723. The Hall–Kier alpha value is -7.09. The van der Waals surface area contributed by atoms with Gasteiger partial charge in [0.25, 0.3) is 5.91 Å². The van der Waals surface area contributed by atoms with E-state index in [1.165, 1.54) is 94.9 Å². The molecule has 788 valence electrons. The number of sulfonamides is 2. The maximum absolute atomic E-state index is 13.7. The third-order valence-corrected chi connectivity index (χ3v) is 40.3. The van der Waals surface area contributed by atoms with E-state index >= 15 is 0 Å². The Balaban J connectivity index is 0.000000203. The molecule has 0 N–H and O–H groups in total. The zero-order valence-electron chi connectivity index (χ0n) is 90.3. The van der Waals surface area contributed by atoms with Gasteiger partial charge in [-0.05, 0) is 283 Å². The highest BCUT2D eigenvalue weighted by Crippen LogP contribution is 2.50. The van der Waals surface area contributed by atoms with Gasteiger partial charge in [-0.1, -0.05) is 171 Å². The van der Waals surface area contributed by atoms with E-state index in [0.29, 0.717) is 112 Å². The number of carbonyl (C=O) groups is 1. The Kier molecular flexibility index (Phi) is 47.0. The van der Waals surface area contributed by atoms with Crippen LogP contribution in [0, 0.1) is 0 Å². The predicted octanol–water partition coefficient (Wildman–Crippen LogP) is 23.3. The summed E-state index contributed by atoms with van der Waals surface area (Å²) < 4.78 is 158. The third-order valence-electron chi connectivity index (χ3n) is 28.4. The molecule has 1 amide bonds. The Bertz CT molecular complexity index is 5630. The molecule has 0 saturated carbocycles. The first-order valence-electron chi connectivity index (χ1n) is 51.6. The summed E-state index contributed by atoms with van der Waals surface area (Å²) in [5.74, 6) is 7.98. The average Bonchev–Trinajstić information content (AvgIpc) is 0.792. The first-order chi connectivity index (χ1) is 66.6. The van der Waals surface area contributed by atoms with Crippen LogP contribution in [0.3, 0.4) is 0 Å². The molecule has 2 atom stereocenters. The minimum absolute atomic E-state index is 0.133. The molecule has 7 aliphatic rings. The molecule has 7 heterocycles. The first kappa shape index (κ1) is 119. The number of amides is 1. The van der Waals surface area contributed by atoms with Gasteiger partial charge in [0.1, 0.15) is 47.4 Å². The summed E-state index contributed by atoms with van der Waals surface area (Å²) in [6.07, 6.45) is 23.3. The fourth-order valence-electron chi connectivity index (χ4n) is 19.6. The summed E-state index contributed by atoms with van der Waals surface area (Å²) in [7, 11) is -5.75. The van der Waals surface area contributed by atoms with Crippen LogP contribution in [0.25, 0.3) is 0 Å². The van der Waals surface area contributed by atoms with Gasteiger partial charge in [-0.2, -0.15) is 8.61 Å². The van der Waals surface area contributed by atoms with Crippen LogP contribution in [0.5, 0.6) is 40.2 Å². The zero-order valence-corrected chi connectivity index (χ0v) is 95.4. The summed E-state index contributed by atoms with van der Waals surface area (Å²) in [6, 6.07) is 40.6. The number of piperidine rings is 7. The van der Waals surface area contributed by atoms with Crippen molar-refractivity contribution in [1.82, 2.24) is 32.7 Å². The number of methoxy groups -OCH3 is 7. The zero-order chi connectivity index (χ0) is 104. The predicted molar refractivity (Wildman–Crippen MR) is 583 cm³/mol. The van der Waals surface area contributed by atoms with Crippen LogP contribution in [0.1, 0.15) is 310 Å². The van der Waals surface area contributed by atoms with Crippen LogP contribution < -0.4 is 49.1 Å². The van der Waals surface area contributed by atoms with Crippen molar-refractivity contribution in [2.24, 2.45) is 0 Å². The van der Waals surface area contributed by atoms with Gasteiger partial charge in [-0.25, -0.2) is 34.6 Å². The van der Waals surface area contributed by atoms with Crippen molar-refractivity contribution in [3.63, 3.8) is 0 Å². The Labute approximate surface area is 850 Å². The summed E-state index contributed by atoms with van der Waals surface area (Å²) >= 11 is 0. The quantitative estimate of drug-likeness (QED) is 0.0433. The number of sulfone groups is 1. The smallest absolute Gasteiger partial charge is 0.253 e. The van der Waals surface area contributed by atoms with Crippen molar-refractivity contribution in [2.45, 2.75) is 287 Å². The molecule has 7 aromatic carbocycles. The van der Waals surface area contributed by atoms with Crippen LogP contribution >= 0.6 is 21.7 Å². The molecule has 24 nitrogen and oxygen atoms in total. The Morgan fingerprint density at radius 3 is 0.858 bits per heavy atom. The monoisotopic (exact) mass is 2070 g/mol. The maximum atomic E-state index is 13.7. The van der Waals surface area contributed by atoms with Gasteiger partial charge in [0.2, 0.25) is 20.0 Å². The lowest BCUT2D eigenvalue weighted by Crippen LogP contribution is -2.48. The number of likely N-dealkylation sites (tertiary alicyclic amines) is 3. The van der Waals surface area contributed by atoms with Crippen LogP contribution in [0.15, 0.2) is 142 Å². The summed E-state index contributed by atoms with van der Waals surface area (Å²) in [6.45, 7) is 49.7. The number of carbonyl (C=O) groups excluding carboxylic acids is 1. The number of hydrogen-bond donors (Lipinski definition) is 0. The minimum Gasteiger partial charge on any atom is -0.496 e. The molecule has 7 fully saturated rings. The first-order valence-corrected chi connectivity index (χ1v) is 63.2. The van der Waals surface area contributed by atoms with Crippen LogP contribution in [0.2, 0.25) is 0 Å². The largest absolute Gasteiger partial charge is 0.496 e. The third kappa shape index (κ3) is 33.2. The van der Waals surface area contributed by atoms with Crippen molar-refractivity contribution in [3.8, 4) is 40.2 Å². The van der Waals surface area contributed by atoms with Crippen molar-refractivity contribution in [1.29, 1.82) is 0 Å². The molecular formula is C111H174N7O17P3S3. The lowest BCUT2D eigenvalue weighted by atomic mass is 9.99. The van der Waals surface area contributed by atoms with Crippen LogP contribution in [-0.4, -0.2) is 250 Å². The average molecular weight is 2070 g/mol. The Morgan fingerprint density at radius 2 is 0.539 bits per heavy atom. The van der Waals surface area contributed by atoms with Crippen molar-refractivity contribution in [3.05, 3.63) is 172 Å². The van der Waals surface area contributed by atoms with E-state index in [4.69, 9.17) is 33.2 Å². The maximum Gasteiger partial charge on any atom is 0.253 e. The highest BCUT2D eigenvalue weighted by Gasteiger charge is 2.38. The molecule has 7 saturated heterocycles. The number of rotatable bonds is 27. The second-order valence-electron chi connectivity index (χ2n) is 41.3. The number of nitrogens with zero attached hydrogens (tertiary/aromatic N) is 7. The molecule has 0 bridgehead atoms. The fraction of sp³-hybridized carbons (Fsp3) is 0.613. The van der Waals surface area contributed by atoms with Crippen molar-refractivity contribution >= 4 is 73.4 Å². The SMILES string of the molecule is COc1cc(C(=O)N2CCCCC2)ccc1C(C)C.COc1cc(P(C)(=O)N2CCC(N3CCCCC3)CC2)ccc1C(C)C.COc1cc(P(C)(=O)N2CCCCC2)ccc1C(C)C.COc1cc(P(C)(C)=O)ccc1C(C)C.COc1cc(S(=O)(=O)N2CCC(N3CCCCC3)CC2)ccc1C(C)C.COc1cc(S(=O)(=O)N2CCCCC2)ccc1C(C)C.COc1cc(S(C)(=O)=O)ccc1C(C)C. The van der Waals surface area contributed by atoms with Crippen molar-refractivity contribution < 1.29 is 76.9 Å². The molecule has 0 radical (unpaired) electrons. The van der Waals surface area contributed by atoms with E-state index in [1.54, 1.807) is 114 Å². The van der Waals surface area contributed by atoms with Crippen LogP contribution in [-0.2, 0) is 43.6 Å². The Morgan fingerprint density at radius 1 is 0.291 bits per heavy atom. The summed E-state index contributed by atoms with van der Waals surface area (Å²) in [5, 5.41) is 2.72. The van der Waals surface area contributed by atoms with E-state index < -0.39 is 51.6 Å².